The molecule has 0 spiro atoms. The van der Waals surface area contributed by atoms with Crippen LogP contribution < -0.4 is 14.8 Å². The van der Waals surface area contributed by atoms with Gasteiger partial charge in [0.05, 0.1) is 13.2 Å². The minimum atomic E-state index is -0.427. The molecule has 0 saturated carbocycles. The molecule has 0 aromatic heterocycles. The van der Waals surface area contributed by atoms with Gasteiger partial charge < -0.3 is 19.7 Å². The highest BCUT2D eigenvalue weighted by molar-refractivity contribution is 7.80. The lowest BCUT2D eigenvalue weighted by molar-refractivity contribution is -0.0852. The fraction of sp³-hybridized carbons (Fsp3) is 0.562. The van der Waals surface area contributed by atoms with Crippen molar-refractivity contribution in [2.24, 2.45) is 0 Å². The molecule has 3 atom stereocenters. The van der Waals surface area contributed by atoms with Gasteiger partial charge in [0.25, 0.3) is 0 Å². The van der Waals surface area contributed by atoms with Crippen LogP contribution in [0, 0.1) is 0 Å². The van der Waals surface area contributed by atoms with E-state index >= 15 is 0 Å². The van der Waals surface area contributed by atoms with E-state index in [4.69, 9.17) is 21.7 Å². The summed E-state index contributed by atoms with van der Waals surface area (Å²) in [6.45, 7) is 6.47. The third-order valence-electron chi connectivity index (χ3n) is 4.57. The van der Waals surface area contributed by atoms with Crippen LogP contribution in [0.1, 0.15) is 45.2 Å². The largest absolute Gasteiger partial charge is 0.493 e. The Morgan fingerprint density at radius 1 is 1.57 bits per heavy atom. The van der Waals surface area contributed by atoms with E-state index in [1.807, 2.05) is 12.1 Å². The maximum atomic E-state index is 6.39. The Balaban J connectivity index is 2.07. The zero-order chi connectivity index (χ0) is 15.2. The molecular weight excluding hydrogens is 284 g/mol. The summed E-state index contributed by atoms with van der Waals surface area (Å²) in [6.07, 6.45) is 1.89. The van der Waals surface area contributed by atoms with E-state index in [1.165, 1.54) is 0 Å². The Bertz CT molecular complexity index is 577. The SMILES string of the molecule is CCC(C)N1C(=S)NC2CC1(C)Oc1c(OC)cccc12. The van der Waals surface area contributed by atoms with Crippen LogP contribution in [0.5, 0.6) is 11.5 Å². The van der Waals surface area contributed by atoms with Crippen LogP contribution in [0.3, 0.4) is 0 Å². The molecular formula is C16H22N2O2S. The number of methoxy groups -OCH3 is 1. The van der Waals surface area contributed by atoms with Gasteiger partial charge in [-0.1, -0.05) is 19.1 Å². The van der Waals surface area contributed by atoms with Gasteiger partial charge in [-0.3, -0.25) is 0 Å². The summed E-state index contributed by atoms with van der Waals surface area (Å²) in [6, 6.07) is 6.52. The number of hydrogen-bond acceptors (Lipinski definition) is 3. The first-order valence-corrected chi connectivity index (χ1v) is 7.86. The molecule has 2 heterocycles. The summed E-state index contributed by atoms with van der Waals surface area (Å²) in [5.74, 6) is 1.61. The van der Waals surface area contributed by atoms with Crippen molar-refractivity contribution in [3.63, 3.8) is 0 Å². The van der Waals surface area contributed by atoms with E-state index in [0.29, 0.717) is 6.04 Å². The van der Waals surface area contributed by atoms with Crippen LogP contribution in [0.15, 0.2) is 18.2 Å². The van der Waals surface area contributed by atoms with Crippen molar-refractivity contribution >= 4 is 17.3 Å². The molecule has 2 aliphatic heterocycles. The number of benzene rings is 1. The summed E-state index contributed by atoms with van der Waals surface area (Å²) in [7, 11) is 1.68. The molecule has 1 aromatic carbocycles. The minimum absolute atomic E-state index is 0.182. The summed E-state index contributed by atoms with van der Waals surface area (Å²) in [5, 5.41) is 4.24. The Hall–Kier alpha value is -1.49. The van der Waals surface area contributed by atoms with Gasteiger partial charge >= 0.3 is 0 Å². The lowest BCUT2D eigenvalue weighted by Gasteiger charge is -2.54. The molecule has 114 valence electrons. The van der Waals surface area contributed by atoms with Gasteiger partial charge in [-0.15, -0.1) is 0 Å². The van der Waals surface area contributed by atoms with E-state index in [-0.39, 0.29) is 6.04 Å². The summed E-state index contributed by atoms with van der Waals surface area (Å²) < 4.78 is 11.9. The van der Waals surface area contributed by atoms with Crippen molar-refractivity contribution in [2.45, 2.75) is 51.4 Å². The molecule has 0 aliphatic carbocycles. The number of nitrogens with zero attached hydrogens (tertiary/aromatic N) is 1. The summed E-state index contributed by atoms with van der Waals surface area (Å²) >= 11 is 5.59. The number of thiocarbonyl (C=S) groups is 1. The number of rotatable bonds is 3. The van der Waals surface area contributed by atoms with E-state index < -0.39 is 5.72 Å². The van der Waals surface area contributed by atoms with Crippen LogP contribution in [-0.2, 0) is 0 Å². The monoisotopic (exact) mass is 306 g/mol. The third kappa shape index (κ3) is 2.14. The molecule has 1 aromatic rings. The first-order chi connectivity index (χ1) is 10.00. The molecule has 1 saturated heterocycles. The smallest absolute Gasteiger partial charge is 0.184 e. The minimum Gasteiger partial charge on any atom is -0.493 e. The topological polar surface area (TPSA) is 33.7 Å². The fourth-order valence-electron chi connectivity index (χ4n) is 3.39. The molecule has 0 radical (unpaired) electrons. The first-order valence-electron chi connectivity index (χ1n) is 7.46. The quantitative estimate of drug-likeness (QED) is 0.867. The molecule has 1 N–H and O–H groups in total. The number of ether oxygens (including phenoxy) is 2. The van der Waals surface area contributed by atoms with Gasteiger partial charge in [-0.05, 0) is 38.6 Å². The Kier molecular flexibility index (Phi) is 3.48. The van der Waals surface area contributed by atoms with Gasteiger partial charge in [0, 0.05) is 18.0 Å². The van der Waals surface area contributed by atoms with Crippen molar-refractivity contribution in [2.75, 3.05) is 7.11 Å². The molecule has 5 heteroatoms. The summed E-state index contributed by atoms with van der Waals surface area (Å²) in [5.41, 5.74) is 0.697. The molecule has 1 fully saturated rings. The average Bonchev–Trinajstić information content (AvgIpc) is 2.45. The molecule has 4 nitrogen and oxygen atoms in total. The van der Waals surface area contributed by atoms with Gasteiger partial charge in [-0.2, -0.15) is 0 Å². The number of para-hydroxylation sites is 1. The average molecular weight is 306 g/mol. The lowest BCUT2D eigenvalue weighted by Crippen LogP contribution is -2.66. The van der Waals surface area contributed by atoms with Crippen molar-refractivity contribution < 1.29 is 9.47 Å². The summed E-state index contributed by atoms with van der Waals surface area (Å²) in [4.78, 5) is 2.19. The molecule has 3 unspecified atom stereocenters. The maximum absolute atomic E-state index is 6.39. The Morgan fingerprint density at radius 3 is 3.00 bits per heavy atom. The number of fused-ring (bicyclic) bond motifs is 4. The van der Waals surface area contributed by atoms with Gasteiger partial charge in [0.1, 0.15) is 0 Å². The number of hydrogen-bond donors (Lipinski definition) is 1. The van der Waals surface area contributed by atoms with E-state index in [0.717, 1.165) is 35.0 Å². The molecule has 3 rings (SSSR count). The van der Waals surface area contributed by atoms with E-state index in [2.05, 4.69) is 37.1 Å². The normalized spacial score (nSPS) is 28.3. The fourth-order valence-corrected chi connectivity index (χ4v) is 3.90. The highest BCUT2D eigenvalue weighted by atomic mass is 32.1. The second-order valence-corrected chi connectivity index (χ2v) is 6.38. The van der Waals surface area contributed by atoms with Crippen molar-refractivity contribution in [1.29, 1.82) is 0 Å². The third-order valence-corrected chi connectivity index (χ3v) is 4.88. The Morgan fingerprint density at radius 2 is 2.33 bits per heavy atom. The van der Waals surface area contributed by atoms with Crippen molar-refractivity contribution in [1.82, 2.24) is 10.2 Å². The zero-order valence-corrected chi connectivity index (χ0v) is 13.8. The van der Waals surface area contributed by atoms with E-state index in [1.54, 1.807) is 7.11 Å². The lowest BCUT2D eigenvalue weighted by atomic mass is 9.89. The molecule has 0 amide bonds. The second-order valence-electron chi connectivity index (χ2n) is 5.99. The predicted octanol–water partition coefficient (Wildman–Crippen LogP) is 3.22. The highest BCUT2D eigenvalue weighted by Gasteiger charge is 2.49. The van der Waals surface area contributed by atoms with Crippen LogP contribution >= 0.6 is 12.2 Å². The van der Waals surface area contributed by atoms with Crippen molar-refractivity contribution in [3.05, 3.63) is 23.8 Å². The van der Waals surface area contributed by atoms with Gasteiger partial charge in [0.2, 0.25) is 0 Å². The molecule has 21 heavy (non-hydrogen) atoms. The number of nitrogens with one attached hydrogen (secondary N) is 1. The molecule has 2 aliphatic rings. The van der Waals surface area contributed by atoms with Crippen molar-refractivity contribution in [3.8, 4) is 11.5 Å². The van der Waals surface area contributed by atoms with Crippen LogP contribution in [0.4, 0.5) is 0 Å². The van der Waals surface area contributed by atoms with Gasteiger partial charge in [-0.25, -0.2) is 0 Å². The maximum Gasteiger partial charge on any atom is 0.184 e. The second kappa shape index (κ2) is 5.05. The zero-order valence-electron chi connectivity index (χ0n) is 13.0. The standard InChI is InChI=1S/C16H22N2O2S/c1-5-10(2)18-15(21)17-12-9-16(18,3)20-14-11(12)7-6-8-13(14)19-4/h6-8,10,12H,5,9H2,1-4H3,(H,17,21). The molecule has 2 bridgehead atoms. The van der Waals surface area contributed by atoms with Crippen LogP contribution in [-0.4, -0.2) is 28.9 Å². The van der Waals surface area contributed by atoms with Crippen LogP contribution in [0.25, 0.3) is 0 Å². The highest BCUT2D eigenvalue weighted by Crippen LogP contribution is 2.48. The van der Waals surface area contributed by atoms with Gasteiger partial charge in [0.15, 0.2) is 22.3 Å². The van der Waals surface area contributed by atoms with E-state index in [9.17, 15) is 0 Å². The first kappa shape index (κ1) is 14.4. The predicted molar refractivity (Wildman–Crippen MR) is 86.7 cm³/mol. The van der Waals surface area contributed by atoms with Crippen LogP contribution in [0.2, 0.25) is 0 Å². The Labute approximate surface area is 131 Å².